The number of thiazole rings is 1. The summed E-state index contributed by atoms with van der Waals surface area (Å²) in [5, 5.41) is 18.7. The molecule has 13 heteroatoms. The molecule has 0 spiro atoms. The van der Waals surface area contributed by atoms with E-state index < -0.39 is 47.8 Å². The fourth-order valence-electron chi connectivity index (χ4n) is 4.02. The average Bonchev–Trinajstić information content (AvgIpc) is 3.52. The fourth-order valence-corrected chi connectivity index (χ4v) is 4.60. The van der Waals surface area contributed by atoms with E-state index in [9.17, 15) is 28.8 Å². The maximum absolute atomic E-state index is 13.5. The van der Waals surface area contributed by atoms with Crippen molar-refractivity contribution >= 4 is 35.2 Å². The molecular weight excluding hydrogens is 565 g/mol. The number of rotatable bonds is 14. The van der Waals surface area contributed by atoms with Gasteiger partial charge in [0.1, 0.15) is 30.5 Å². The largest absolute Gasteiger partial charge is 0.445 e. The number of hydrogen-bond donors (Lipinski definition) is 5. The number of hydrogen-bond acceptors (Lipinski definition) is 8. The molecule has 5 N–H and O–H groups in total. The van der Waals surface area contributed by atoms with Crippen LogP contribution in [0.2, 0.25) is 0 Å². The number of alkyl carbamates (subject to hydrolysis) is 1. The van der Waals surface area contributed by atoms with Crippen LogP contribution >= 0.6 is 11.3 Å². The average molecular weight is 600 g/mol. The summed E-state index contributed by atoms with van der Waals surface area (Å²) < 4.78 is 18.8. The van der Waals surface area contributed by atoms with Crippen molar-refractivity contribution in [2.24, 2.45) is 5.92 Å². The van der Waals surface area contributed by atoms with Gasteiger partial charge in [0, 0.05) is 18.2 Å². The van der Waals surface area contributed by atoms with Crippen molar-refractivity contribution < 1.29 is 33.5 Å². The van der Waals surface area contributed by atoms with Crippen LogP contribution in [-0.4, -0.2) is 52.1 Å². The highest BCUT2D eigenvalue weighted by Gasteiger charge is 2.33. The molecule has 0 aliphatic carbocycles. The highest BCUT2D eigenvalue weighted by atomic mass is 32.1. The Balaban J connectivity index is 1.76. The quantitative estimate of drug-likeness (QED) is 0.141. The minimum atomic E-state index is -1.18. The van der Waals surface area contributed by atoms with E-state index in [0.29, 0.717) is 17.7 Å². The molecule has 1 aromatic heterocycles. The van der Waals surface area contributed by atoms with Crippen molar-refractivity contribution in [2.45, 2.75) is 57.8 Å². The van der Waals surface area contributed by atoms with E-state index >= 15 is 0 Å². The smallest absolute Gasteiger partial charge is 0.408 e. The molecule has 11 nitrogen and oxygen atoms in total. The van der Waals surface area contributed by atoms with Gasteiger partial charge in [-0.15, -0.1) is 11.3 Å². The maximum atomic E-state index is 13.5. The Kier molecular flexibility index (Phi) is 12.4. The van der Waals surface area contributed by atoms with Crippen LogP contribution in [0, 0.1) is 11.7 Å². The van der Waals surface area contributed by atoms with Gasteiger partial charge in [0.2, 0.25) is 11.8 Å². The summed E-state index contributed by atoms with van der Waals surface area (Å²) in [6.45, 7) is 3.56. The van der Waals surface area contributed by atoms with Crippen molar-refractivity contribution in [3.05, 3.63) is 88.1 Å². The Labute approximate surface area is 246 Å². The topological polar surface area (TPSA) is 159 Å². The van der Waals surface area contributed by atoms with Gasteiger partial charge in [-0.3, -0.25) is 19.6 Å². The van der Waals surface area contributed by atoms with E-state index in [0.717, 1.165) is 5.56 Å². The molecule has 3 rings (SSSR count). The number of amides is 4. The van der Waals surface area contributed by atoms with Crippen LogP contribution in [0.15, 0.2) is 65.5 Å². The van der Waals surface area contributed by atoms with Gasteiger partial charge in [-0.2, -0.15) is 0 Å². The van der Waals surface area contributed by atoms with Gasteiger partial charge in [0.15, 0.2) is 0 Å². The lowest BCUT2D eigenvalue weighted by Gasteiger charge is -2.28. The summed E-state index contributed by atoms with van der Waals surface area (Å²) in [4.78, 5) is 56.0. The number of benzene rings is 2. The standard InChI is InChI=1S/C29H34FN5O6S/c1-3-18(2)25(28(38)32-24(27(37)35-40)14-22-16-42-17-31-22)34-26(36)23(13-19-9-11-21(30)12-10-19)33-29(39)41-15-20-7-5-4-6-8-20/h4-12,16-18,23-25,40H,3,13-15H2,1-2H3,(H,32,38)(H,33,39)(H,34,36)(H,35,37)/t18-,23-,24-,25-/m0/s1. The number of nitrogens with zero attached hydrogens (tertiary/aromatic N) is 1. The predicted molar refractivity (Wildman–Crippen MR) is 153 cm³/mol. The molecule has 0 aliphatic rings. The van der Waals surface area contributed by atoms with Crippen molar-refractivity contribution in [1.29, 1.82) is 0 Å². The van der Waals surface area contributed by atoms with Crippen LogP contribution in [0.25, 0.3) is 0 Å². The second kappa shape index (κ2) is 16.2. The highest BCUT2D eigenvalue weighted by Crippen LogP contribution is 2.13. The number of ether oxygens (including phenoxy) is 1. The molecule has 42 heavy (non-hydrogen) atoms. The number of hydroxylamine groups is 1. The molecule has 0 bridgehead atoms. The van der Waals surface area contributed by atoms with Crippen molar-refractivity contribution in [3.63, 3.8) is 0 Å². The van der Waals surface area contributed by atoms with Gasteiger partial charge in [-0.05, 0) is 29.2 Å². The van der Waals surface area contributed by atoms with E-state index in [1.54, 1.807) is 47.6 Å². The number of nitrogens with one attached hydrogen (secondary N) is 4. The van der Waals surface area contributed by atoms with Crippen LogP contribution in [0.4, 0.5) is 9.18 Å². The third-order valence-electron chi connectivity index (χ3n) is 6.61. The lowest BCUT2D eigenvalue weighted by atomic mass is 9.96. The predicted octanol–water partition coefficient (Wildman–Crippen LogP) is 2.88. The van der Waals surface area contributed by atoms with Crippen LogP contribution in [0.1, 0.15) is 37.1 Å². The van der Waals surface area contributed by atoms with Crippen LogP contribution < -0.4 is 21.4 Å². The number of aromatic nitrogens is 1. The maximum Gasteiger partial charge on any atom is 0.408 e. The van der Waals surface area contributed by atoms with E-state index in [-0.39, 0.29) is 25.4 Å². The minimum absolute atomic E-state index is 0.0131. The molecular formula is C29H34FN5O6S. The monoisotopic (exact) mass is 599 g/mol. The van der Waals surface area contributed by atoms with Crippen molar-refractivity contribution in [2.75, 3.05) is 0 Å². The minimum Gasteiger partial charge on any atom is -0.445 e. The molecule has 0 unspecified atom stereocenters. The Hall–Kier alpha value is -4.36. The Morgan fingerprint density at radius 2 is 1.60 bits per heavy atom. The van der Waals surface area contributed by atoms with Gasteiger partial charge >= 0.3 is 6.09 Å². The first-order valence-electron chi connectivity index (χ1n) is 13.3. The Morgan fingerprint density at radius 1 is 0.905 bits per heavy atom. The van der Waals surface area contributed by atoms with Crippen LogP contribution in [0.3, 0.4) is 0 Å². The van der Waals surface area contributed by atoms with Gasteiger partial charge in [0.05, 0.1) is 11.2 Å². The molecule has 2 aromatic carbocycles. The molecule has 0 fully saturated rings. The second-order valence-corrected chi connectivity index (χ2v) is 10.4. The van der Waals surface area contributed by atoms with E-state index in [1.807, 2.05) is 13.0 Å². The lowest BCUT2D eigenvalue weighted by molar-refractivity contribution is -0.136. The first kappa shape index (κ1) is 32.2. The summed E-state index contributed by atoms with van der Waals surface area (Å²) in [6, 6.07) is 11.0. The molecule has 3 aromatic rings. The zero-order valence-corrected chi connectivity index (χ0v) is 24.0. The fraction of sp³-hybridized carbons (Fsp3) is 0.345. The molecule has 0 saturated heterocycles. The summed E-state index contributed by atoms with van der Waals surface area (Å²) >= 11 is 1.31. The molecule has 4 atom stereocenters. The number of carbonyl (C=O) groups is 4. The first-order valence-corrected chi connectivity index (χ1v) is 14.3. The number of carbonyl (C=O) groups excluding carboxylic acids is 4. The molecule has 0 radical (unpaired) electrons. The molecule has 0 aliphatic heterocycles. The van der Waals surface area contributed by atoms with Gasteiger partial charge in [-0.25, -0.2) is 19.6 Å². The van der Waals surface area contributed by atoms with E-state index in [1.165, 1.54) is 35.6 Å². The van der Waals surface area contributed by atoms with Crippen LogP contribution in [0.5, 0.6) is 0 Å². The molecule has 4 amide bonds. The highest BCUT2D eigenvalue weighted by molar-refractivity contribution is 7.07. The zero-order valence-electron chi connectivity index (χ0n) is 23.2. The Bertz CT molecular complexity index is 1310. The van der Waals surface area contributed by atoms with Gasteiger partial charge < -0.3 is 20.7 Å². The van der Waals surface area contributed by atoms with E-state index in [4.69, 9.17) is 4.74 Å². The van der Waals surface area contributed by atoms with Gasteiger partial charge in [-0.1, -0.05) is 62.7 Å². The zero-order chi connectivity index (χ0) is 30.5. The molecule has 0 saturated carbocycles. The SMILES string of the molecule is CC[C@H](C)[C@H](NC(=O)[C@H](Cc1ccc(F)cc1)NC(=O)OCc1ccccc1)C(=O)N[C@@H](Cc1cscn1)C(=O)NO. The third-order valence-corrected chi connectivity index (χ3v) is 7.24. The van der Waals surface area contributed by atoms with Crippen molar-refractivity contribution in [3.8, 4) is 0 Å². The molecule has 224 valence electrons. The first-order chi connectivity index (χ1) is 20.2. The lowest BCUT2D eigenvalue weighted by Crippen LogP contribution is -2.59. The third kappa shape index (κ3) is 9.93. The molecule has 1 heterocycles. The summed E-state index contributed by atoms with van der Waals surface area (Å²) in [6.07, 6.45) is -0.351. The van der Waals surface area contributed by atoms with E-state index in [2.05, 4.69) is 20.9 Å². The second-order valence-electron chi connectivity index (χ2n) is 9.68. The van der Waals surface area contributed by atoms with Crippen LogP contribution in [-0.2, 0) is 38.6 Å². The summed E-state index contributed by atoms with van der Waals surface area (Å²) in [7, 11) is 0. The summed E-state index contributed by atoms with van der Waals surface area (Å²) in [5.41, 5.74) is 4.97. The normalized spacial score (nSPS) is 13.6. The number of halogens is 1. The van der Waals surface area contributed by atoms with Gasteiger partial charge in [0.25, 0.3) is 5.91 Å². The summed E-state index contributed by atoms with van der Waals surface area (Å²) in [5.74, 6) is -3.01. The Morgan fingerprint density at radius 3 is 2.21 bits per heavy atom. The van der Waals surface area contributed by atoms with Crippen molar-refractivity contribution in [1.82, 2.24) is 26.4 Å².